The first-order valence-electron chi connectivity index (χ1n) is 9.05. The molecule has 0 unspecified atom stereocenters. The van der Waals surface area contributed by atoms with E-state index in [4.69, 9.17) is 11.6 Å². The molecule has 0 bridgehead atoms. The number of amides is 1. The lowest BCUT2D eigenvalue weighted by Gasteiger charge is -2.39. The molecule has 3 aliphatic heterocycles. The maximum absolute atomic E-state index is 12.6. The molecule has 1 amide bonds. The minimum atomic E-state index is 0.00894. The first-order valence-corrected chi connectivity index (χ1v) is 10.6. The monoisotopic (exact) mass is 380 g/mol. The van der Waals surface area contributed by atoms with Crippen LogP contribution >= 0.6 is 23.4 Å². The van der Waals surface area contributed by atoms with Crippen molar-refractivity contribution >= 4 is 35.0 Å². The molecule has 2 atom stereocenters. The van der Waals surface area contributed by atoms with Gasteiger partial charge in [0.25, 0.3) is 0 Å². The number of rotatable bonds is 3. The molecule has 3 saturated heterocycles. The first-order chi connectivity index (χ1) is 12.2. The predicted octanol–water partition coefficient (Wildman–Crippen LogP) is 1.73. The maximum atomic E-state index is 12.6. The zero-order valence-electron chi connectivity index (χ0n) is 14.4. The van der Waals surface area contributed by atoms with Gasteiger partial charge in [0, 0.05) is 61.8 Å². The van der Waals surface area contributed by atoms with Gasteiger partial charge in [-0.1, -0.05) is 17.7 Å². The van der Waals surface area contributed by atoms with Crippen molar-refractivity contribution in [1.29, 1.82) is 0 Å². The van der Waals surface area contributed by atoms with Gasteiger partial charge in [-0.25, -0.2) is 0 Å². The Balaban J connectivity index is 1.29. The smallest absolute Gasteiger partial charge is 0.240 e. The van der Waals surface area contributed by atoms with Crippen molar-refractivity contribution in [1.82, 2.24) is 15.1 Å². The normalized spacial score (nSPS) is 27.9. The number of carbonyl (C=O) groups is 1. The van der Waals surface area contributed by atoms with Crippen molar-refractivity contribution in [3.05, 3.63) is 29.3 Å². The van der Waals surface area contributed by atoms with Crippen LogP contribution in [0, 0.1) is 0 Å². The highest BCUT2D eigenvalue weighted by Crippen LogP contribution is 2.24. The molecule has 0 radical (unpaired) electrons. The number of benzene rings is 1. The SMILES string of the molecule is O=C([C@@H]1C[C@H](N2CCN(c3cccc(Cl)c3)CC2)CN1)N1CCSC1. The Morgan fingerprint density at radius 1 is 1.20 bits per heavy atom. The Labute approximate surface area is 158 Å². The van der Waals surface area contributed by atoms with Crippen LogP contribution in [0.4, 0.5) is 5.69 Å². The number of hydrogen-bond donors (Lipinski definition) is 1. The molecular formula is C18H25ClN4OS. The number of thioether (sulfide) groups is 1. The van der Waals surface area contributed by atoms with Gasteiger partial charge in [-0.05, 0) is 24.6 Å². The van der Waals surface area contributed by atoms with Crippen LogP contribution in [0.2, 0.25) is 5.02 Å². The minimum absolute atomic E-state index is 0.00894. The van der Waals surface area contributed by atoms with Gasteiger partial charge in [-0.2, -0.15) is 0 Å². The lowest BCUT2D eigenvalue weighted by Crippen LogP contribution is -2.51. The number of halogens is 1. The van der Waals surface area contributed by atoms with E-state index in [1.165, 1.54) is 5.69 Å². The van der Waals surface area contributed by atoms with E-state index < -0.39 is 0 Å². The van der Waals surface area contributed by atoms with Gasteiger partial charge >= 0.3 is 0 Å². The zero-order chi connectivity index (χ0) is 17.2. The second kappa shape index (κ2) is 7.74. The third-order valence-electron chi connectivity index (χ3n) is 5.47. The molecule has 1 aromatic rings. The molecule has 136 valence electrons. The van der Waals surface area contributed by atoms with Crippen LogP contribution in [-0.4, -0.2) is 78.7 Å². The molecule has 1 aromatic carbocycles. The summed E-state index contributed by atoms with van der Waals surface area (Å²) in [7, 11) is 0. The summed E-state index contributed by atoms with van der Waals surface area (Å²) < 4.78 is 0. The Bertz CT molecular complexity index is 617. The van der Waals surface area contributed by atoms with E-state index in [0.717, 1.165) is 62.3 Å². The van der Waals surface area contributed by atoms with Crippen LogP contribution < -0.4 is 10.2 Å². The predicted molar refractivity (Wildman–Crippen MR) is 104 cm³/mol. The third kappa shape index (κ3) is 3.92. The van der Waals surface area contributed by atoms with Crippen molar-refractivity contribution in [2.75, 3.05) is 55.8 Å². The Kier molecular flexibility index (Phi) is 5.41. The molecule has 0 aliphatic carbocycles. The van der Waals surface area contributed by atoms with Gasteiger partial charge < -0.3 is 15.1 Å². The molecule has 25 heavy (non-hydrogen) atoms. The molecule has 3 fully saturated rings. The van der Waals surface area contributed by atoms with Crippen LogP contribution in [0.5, 0.6) is 0 Å². The largest absolute Gasteiger partial charge is 0.369 e. The van der Waals surface area contributed by atoms with Crippen LogP contribution in [0.15, 0.2) is 24.3 Å². The van der Waals surface area contributed by atoms with Gasteiger partial charge in [-0.15, -0.1) is 11.8 Å². The Morgan fingerprint density at radius 3 is 2.76 bits per heavy atom. The van der Waals surface area contributed by atoms with Crippen molar-refractivity contribution in [3.63, 3.8) is 0 Å². The van der Waals surface area contributed by atoms with Gasteiger partial charge in [0.05, 0.1) is 11.9 Å². The summed E-state index contributed by atoms with van der Waals surface area (Å²) in [6, 6.07) is 8.58. The third-order valence-corrected chi connectivity index (χ3v) is 6.67. The number of nitrogens with zero attached hydrogens (tertiary/aromatic N) is 3. The highest BCUT2D eigenvalue weighted by atomic mass is 35.5. The van der Waals surface area contributed by atoms with Crippen molar-refractivity contribution < 1.29 is 4.79 Å². The average Bonchev–Trinajstić information content (AvgIpc) is 3.33. The van der Waals surface area contributed by atoms with Crippen LogP contribution in [0.25, 0.3) is 0 Å². The van der Waals surface area contributed by atoms with Crippen LogP contribution in [0.1, 0.15) is 6.42 Å². The topological polar surface area (TPSA) is 38.8 Å². The summed E-state index contributed by atoms with van der Waals surface area (Å²) >= 11 is 7.96. The number of carbonyl (C=O) groups excluding carboxylic acids is 1. The van der Waals surface area contributed by atoms with E-state index in [1.807, 2.05) is 34.9 Å². The summed E-state index contributed by atoms with van der Waals surface area (Å²) in [5.74, 6) is 2.23. The minimum Gasteiger partial charge on any atom is -0.369 e. The molecule has 0 spiro atoms. The summed E-state index contributed by atoms with van der Waals surface area (Å²) in [5.41, 5.74) is 1.20. The molecule has 3 heterocycles. The van der Waals surface area contributed by atoms with Crippen molar-refractivity contribution in [2.45, 2.75) is 18.5 Å². The fraction of sp³-hybridized carbons (Fsp3) is 0.611. The second-order valence-corrected chi connectivity index (χ2v) is 8.50. The molecule has 0 aromatic heterocycles. The number of piperazine rings is 1. The molecular weight excluding hydrogens is 356 g/mol. The molecule has 0 saturated carbocycles. The standard InChI is InChI=1S/C18H25ClN4OS/c19-14-2-1-3-15(10-14)21-4-6-22(7-5-21)16-11-17(20-12-16)18(24)23-8-9-25-13-23/h1-3,10,16-17,20H,4-9,11-13H2/t16-,17-/m0/s1. The first kappa shape index (κ1) is 17.5. The number of anilines is 1. The van der Waals surface area contributed by atoms with Crippen LogP contribution in [-0.2, 0) is 4.79 Å². The Hall–Kier alpha value is -0.950. The summed E-state index contributed by atoms with van der Waals surface area (Å²) in [5, 5.41) is 4.25. The fourth-order valence-corrected chi connectivity index (χ4v) is 5.15. The van der Waals surface area contributed by atoms with E-state index >= 15 is 0 Å². The fourth-order valence-electron chi connectivity index (χ4n) is 4.01. The molecule has 4 rings (SSSR count). The molecule has 7 heteroatoms. The van der Waals surface area contributed by atoms with Gasteiger partial charge in [0.1, 0.15) is 0 Å². The lowest BCUT2D eigenvalue weighted by molar-refractivity contribution is -0.131. The summed E-state index contributed by atoms with van der Waals surface area (Å²) in [4.78, 5) is 19.5. The van der Waals surface area contributed by atoms with Gasteiger partial charge in [-0.3, -0.25) is 9.69 Å². The molecule has 1 N–H and O–H groups in total. The lowest BCUT2D eigenvalue weighted by atomic mass is 10.1. The zero-order valence-corrected chi connectivity index (χ0v) is 15.9. The van der Waals surface area contributed by atoms with E-state index in [2.05, 4.69) is 21.2 Å². The number of nitrogens with one attached hydrogen (secondary N) is 1. The summed E-state index contributed by atoms with van der Waals surface area (Å²) in [6.07, 6.45) is 0.942. The average molecular weight is 381 g/mol. The van der Waals surface area contributed by atoms with Crippen molar-refractivity contribution in [2.24, 2.45) is 0 Å². The van der Waals surface area contributed by atoms with Gasteiger partial charge in [0.2, 0.25) is 5.91 Å². The summed E-state index contributed by atoms with van der Waals surface area (Å²) in [6.45, 7) is 5.94. The quantitative estimate of drug-likeness (QED) is 0.864. The van der Waals surface area contributed by atoms with E-state index in [9.17, 15) is 4.79 Å². The highest BCUT2D eigenvalue weighted by Gasteiger charge is 2.36. The van der Waals surface area contributed by atoms with E-state index in [1.54, 1.807) is 0 Å². The molecule has 3 aliphatic rings. The van der Waals surface area contributed by atoms with Crippen molar-refractivity contribution in [3.8, 4) is 0 Å². The highest BCUT2D eigenvalue weighted by molar-refractivity contribution is 7.99. The molecule has 5 nitrogen and oxygen atoms in total. The Morgan fingerprint density at radius 2 is 2.04 bits per heavy atom. The second-order valence-electron chi connectivity index (χ2n) is 6.99. The maximum Gasteiger partial charge on any atom is 0.240 e. The van der Waals surface area contributed by atoms with Crippen LogP contribution in [0.3, 0.4) is 0 Å². The van der Waals surface area contributed by atoms with E-state index in [-0.39, 0.29) is 6.04 Å². The number of hydrogen-bond acceptors (Lipinski definition) is 5. The van der Waals surface area contributed by atoms with E-state index in [0.29, 0.717) is 11.9 Å². The van der Waals surface area contributed by atoms with Gasteiger partial charge in [0.15, 0.2) is 0 Å².